The van der Waals surface area contributed by atoms with Crippen molar-refractivity contribution in [3.8, 4) is 0 Å². The van der Waals surface area contributed by atoms with Crippen LogP contribution in [0.3, 0.4) is 0 Å². The Morgan fingerprint density at radius 1 is 1.29 bits per heavy atom. The largest absolute Gasteiger partial charge is 0.384 e. The van der Waals surface area contributed by atoms with Crippen LogP contribution < -0.4 is 5.73 Å². The smallest absolute Gasteiger partial charge is 0.122 e. The second-order valence-electron chi connectivity index (χ2n) is 7.47. The predicted molar refractivity (Wildman–Crippen MR) is 89.7 cm³/mol. The second kappa shape index (κ2) is 6.18. The summed E-state index contributed by atoms with van der Waals surface area (Å²) >= 11 is 0. The lowest BCUT2D eigenvalue weighted by molar-refractivity contribution is 0.108. The van der Waals surface area contributed by atoms with Gasteiger partial charge in [0.15, 0.2) is 0 Å². The maximum absolute atomic E-state index is 7.50. The molecule has 0 unspecified atom stereocenters. The third kappa shape index (κ3) is 4.07. The van der Waals surface area contributed by atoms with Crippen LogP contribution in [0.25, 0.3) is 0 Å². The number of nitrogens with two attached hydrogens (primary N) is 1. The van der Waals surface area contributed by atoms with Crippen LogP contribution in [0.4, 0.5) is 0 Å². The summed E-state index contributed by atoms with van der Waals surface area (Å²) in [6.45, 7) is 12.6. The van der Waals surface area contributed by atoms with E-state index in [-0.39, 0.29) is 5.84 Å². The normalized spacial score (nSPS) is 17.9. The lowest BCUT2D eigenvalue weighted by Crippen LogP contribution is -2.37. The molecule has 0 atom stereocenters. The number of amidine groups is 1. The molecule has 2 rings (SSSR count). The molecule has 0 radical (unpaired) electrons. The topological polar surface area (TPSA) is 53.1 Å². The maximum Gasteiger partial charge on any atom is 0.122 e. The Hall–Kier alpha value is -1.35. The summed E-state index contributed by atoms with van der Waals surface area (Å²) in [6, 6.07) is 6.12. The molecule has 1 aromatic rings. The number of hydrogen-bond donors (Lipinski definition) is 2. The minimum atomic E-state index is 0.149. The lowest BCUT2D eigenvalue weighted by Gasteiger charge is -2.39. The number of rotatable bonds is 3. The molecular weight excluding hydrogens is 258 g/mol. The molecule has 1 aromatic carbocycles. The van der Waals surface area contributed by atoms with E-state index in [9.17, 15) is 0 Å². The Kier molecular flexibility index (Phi) is 4.72. The average molecular weight is 287 g/mol. The third-order valence-electron chi connectivity index (χ3n) is 4.86. The number of hydrogen-bond acceptors (Lipinski definition) is 2. The zero-order valence-corrected chi connectivity index (χ0v) is 13.9. The first-order valence-corrected chi connectivity index (χ1v) is 7.93. The number of nitrogens with zero attached hydrogens (tertiary/aromatic N) is 1. The van der Waals surface area contributed by atoms with Crippen LogP contribution >= 0.6 is 0 Å². The highest BCUT2D eigenvalue weighted by molar-refractivity contribution is 5.95. The van der Waals surface area contributed by atoms with Crippen molar-refractivity contribution in [3.05, 3.63) is 34.9 Å². The molecular formula is C18H29N3. The quantitative estimate of drug-likeness (QED) is 0.660. The predicted octanol–water partition coefficient (Wildman–Crippen LogP) is 3.54. The van der Waals surface area contributed by atoms with Gasteiger partial charge in [-0.15, -0.1) is 0 Å². The van der Waals surface area contributed by atoms with Gasteiger partial charge in [0.05, 0.1) is 0 Å². The maximum atomic E-state index is 7.50. The van der Waals surface area contributed by atoms with E-state index in [1.165, 1.54) is 37.1 Å². The zero-order valence-electron chi connectivity index (χ0n) is 13.9. The van der Waals surface area contributed by atoms with Gasteiger partial charge in [-0.25, -0.2) is 0 Å². The first kappa shape index (κ1) is 16.0. The van der Waals surface area contributed by atoms with E-state index in [1.54, 1.807) is 0 Å². The summed E-state index contributed by atoms with van der Waals surface area (Å²) in [7, 11) is 0. The average Bonchev–Trinajstić information content (AvgIpc) is 2.40. The molecule has 3 N–H and O–H groups in total. The van der Waals surface area contributed by atoms with Crippen molar-refractivity contribution in [1.82, 2.24) is 4.90 Å². The van der Waals surface area contributed by atoms with Crippen LogP contribution in [0.2, 0.25) is 0 Å². The Morgan fingerprint density at radius 2 is 1.90 bits per heavy atom. The molecule has 3 nitrogen and oxygen atoms in total. The van der Waals surface area contributed by atoms with Crippen molar-refractivity contribution in [2.75, 3.05) is 13.1 Å². The Labute approximate surface area is 129 Å². The van der Waals surface area contributed by atoms with E-state index in [0.29, 0.717) is 5.41 Å². The van der Waals surface area contributed by atoms with Gasteiger partial charge in [-0.05, 0) is 61.4 Å². The second-order valence-corrected chi connectivity index (χ2v) is 7.47. The number of aryl methyl sites for hydroxylation is 1. The molecule has 1 saturated heterocycles. The Balaban J connectivity index is 1.96. The Morgan fingerprint density at radius 3 is 2.38 bits per heavy atom. The van der Waals surface area contributed by atoms with Crippen molar-refractivity contribution in [2.45, 2.75) is 47.1 Å². The van der Waals surface area contributed by atoms with Crippen LogP contribution in [0.5, 0.6) is 0 Å². The van der Waals surface area contributed by atoms with Gasteiger partial charge in [-0.2, -0.15) is 0 Å². The van der Waals surface area contributed by atoms with Crippen LogP contribution in [0.1, 0.15) is 50.3 Å². The molecule has 0 amide bonds. The molecule has 21 heavy (non-hydrogen) atoms. The van der Waals surface area contributed by atoms with Crippen LogP contribution in [0, 0.1) is 23.7 Å². The molecule has 0 spiro atoms. The summed E-state index contributed by atoms with van der Waals surface area (Å²) < 4.78 is 0. The molecule has 3 heteroatoms. The Bertz CT molecular complexity index is 506. The van der Waals surface area contributed by atoms with Crippen molar-refractivity contribution in [3.63, 3.8) is 0 Å². The van der Waals surface area contributed by atoms with Gasteiger partial charge in [0.2, 0.25) is 0 Å². The molecule has 116 valence electrons. The molecule has 1 fully saturated rings. The summed E-state index contributed by atoms with van der Waals surface area (Å²) in [4.78, 5) is 2.55. The summed E-state index contributed by atoms with van der Waals surface area (Å²) in [5.74, 6) is 0.991. The van der Waals surface area contributed by atoms with Crippen LogP contribution in [-0.2, 0) is 6.54 Å². The number of likely N-dealkylation sites (tertiary alicyclic amines) is 1. The molecule has 0 aromatic heterocycles. The van der Waals surface area contributed by atoms with Gasteiger partial charge in [-0.3, -0.25) is 10.3 Å². The lowest BCUT2D eigenvalue weighted by atomic mass is 9.75. The van der Waals surface area contributed by atoms with Gasteiger partial charge in [0.25, 0.3) is 0 Å². The van der Waals surface area contributed by atoms with E-state index in [4.69, 9.17) is 11.1 Å². The minimum Gasteiger partial charge on any atom is -0.384 e. The highest BCUT2D eigenvalue weighted by atomic mass is 15.1. The highest BCUT2D eigenvalue weighted by Gasteiger charge is 2.28. The van der Waals surface area contributed by atoms with E-state index in [1.807, 2.05) is 12.1 Å². The van der Waals surface area contributed by atoms with E-state index in [0.717, 1.165) is 18.0 Å². The van der Waals surface area contributed by atoms with E-state index < -0.39 is 0 Å². The monoisotopic (exact) mass is 287 g/mol. The van der Waals surface area contributed by atoms with Crippen molar-refractivity contribution in [2.24, 2.45) is 17.1 Å². The van der Waals surface area contributed by atoms with Crippen molar-refractivity contribution >= 4 is 5.84 Å². The fourth-order valence-corrected chi connectivity index (χ4v) is 3.24. The summed E-state index contributed by atoms with van der Waals surface area (Å²) in [6.07, 6.45) is 2.60. The number of benzene rings is 1. The first-order chi connectivity index (χ1) is 9.77. The molecule has 0 bridgehead atoms. The molecule has 1 aliphatic rings. The summed E-state index contributed by atoms with van der Waals surface area (Å²) in [5, 5.41) is 7.50. The molecule has 1 aliphatic heterocycles. The first-order valence-electron chi connectivity index (χ1n) is 7.93. The van der Waals surface area contributed by atoms with E-state index in [2.05, 4.69) is 38.7 Å². The van der Waals surface area contributed by atoms with Gasteiger partial charge < -0.3 is 5.73 Å². The van der Waals surface area contributed by atoms with Crippen molar-refractivity contribution in [1.29, 1.82) is 5.41 Å². The highest BCUT2D eigenvalue weighted by Crippen LogP contribution is 2.34. The number of nitrogen functional groups attached to an aromatic ring is 1. The van der Waals surface area contributed by atoms with Crippen LogP contribution in [-0.4, -0.2) is 23.8 Å². The molecule has 1 heterocycles. The fourth-order valence-electron chi connectivity index (χ4n) is 3.24. The van der Waals surface area contributed by atoms with E-state index >= 15 is 0 Å². The summed E-state index contributed by atoms with van der Waals surface area (Å²) in [5.41, 5.74) is 9.40. The number of nitrogens with one attached hydrogen (secondary N) is 1. The molecule has 0 aliphatic carbocycles. The SMILES string of the molecule is Cc1cc(C(=N)N)ccc1CN1CCC(C(C)(C)C)CC1. The zero-order chi connectivity index (χ0) is 15.6. The van der Waals surface area contributed by atoms with Crippen molar-refractivity contribution < 1.29 is 0 Å². The van der Waals surface area contributed by atoms with Gasteiger partial charge in [-0.1, -0.05) is 32.9 Å². The third-order valence-corrected chi connectivity index (χ3v) is 4.86. The van der Waals surface area contributed by atoms with Gasteiger partial charge in [0, 0.05) is 12.1 Å². The minimum absolute atomic E-state index is 0.149. The standard InChI is InChI=1S/C18H29N3/c1-13-11-14(17(19)20)5-6-15(13)12-21-9-7-16(8-10-21)18(2,3)4/h5-6,11,16H,7-10,12H2,1-4H3,(H3,19,20). The number of piperidine rings is 1. The fraction of sp³-hybridized carbons (Fsp3) is 0.611. The van der Waals surface area contributed by atoms with Crippen LogP contribution in [0.15, 0.2) is 18.2 Å². The van der Waals surface area contributed by atoms with Gasteiger partial charge >= 0.3 is 0 Å². The molecule has 0 saturated carbocycles. The van der Waals surface area contributed by atoms with Gasteiger partial charge in [0.1, 0.15) is 5.84 Å².